The summed E-state index contributed by atoms with van der Waals surface area (Å²) >= 11 is 1.12. The lowest BCUT2D eigenvalue weighted by Gasteiger charge is -2.16. The molecule has 0 aliphatic carbocycles. The zero-order valence-electron chi connectivity index (χ0n) is 14.9. The lowest BCUT2D eigenvalue weighted by Crippen LogP contribution is -2.16. The van der Waals surface area contributed by atoms with Gasteiger partial charge in [-0.25, -0.2) is 4.39 Å². The molecule has 0 radical (unpaired) electrons. The SMILES string of the molecule is CC(=O)c1ccc(SCC(=O)Nc2c(C)cccc2C(C)C)c(F)c1. The van der Waals surface area contributed by atoms with Crippen molar-refractivity contribution in [1.29, 1.82) is 0 Å². The summed E-state index contributed by atoms with van der Waals surface area (Å²) < 4.78 is 14.0. The minimum absolute atomic E-state index is 0.0994. The Hall–Kier alpha value is -2.14. The molecule has 2 aromatic rings. The number of aryl methyl sites for hydroxylation is 1. The van der Waals surface area contributed by atoms with Gasteiger partial charge in [0.05, 0.1) is 5.75 Å². The van der Waals surface area contributed by atoms with Crippen LogP contribution in [-0.4, -0.2) is 17.4 Å². The van der Waals surface area contributed by atoms with Gasteiger partial charge in [0.15, 0.2) is 5.78 Å². The number of halogens is 1. The van der Waals surface area contributed by atoms with Crippen LogP contribution in [0.25, 0.3) is 0 Å². The average Bonchev–Trinajstić information content (AvgIpc) is 2.55. The van der Waals surface area contributed by atoms with Crippen molar-refractivity contribution in [2.24, 2.45) is 0 Å². The Morgan fingerprint density at radius 1 is 1.20 bits per heavy atom. The molecule has 1 N–H and O–H groups in total. The third-order valence-corrected chi connectivity index (χ3v) is 4.94. The fraction of sp³-hybridized carbons (Fsp3) is 0.300. The van der Waals surface area contributed by atoms with Crippen LogP contribution in [0.15, 0.2) is 41.3 Å². The van der Waals surface area contributed by atoms with Gasteiger partial charge >= 0.3 is 0 Å². The van der Waals surface area contributed by atoms with Gasteiger partial charge in [0, 0.05) is 16.1 Å². The van der Waals surface area contributed by atoms with Gasteiger partial charge in [-0.1, -0.05) is 38.1 Å². The van der Waals surface area contributed by atoms with E-state index in [9.17, 15) is 14.0 Å². The maximum atomic E-state index is 14.0. The molecule has 0 bridgehead atoms. The molecule has 25 heavy (non-hydrogen) atoms. The highest BCUT2D eigenvalue weighted by atomic mass is 32.2. The van der Waals surface area contributed by atoms with Crippen LogP contribution in [0.3, 0.4) is 0 Å². The number of carbonyl (C=O) groups is 2. The Morgan fingerprint density at radius 3 is 2.52 bits per heavy atom. The van der Waals surface area contributed by atoms with E-state index in [-0.39, 0.29) is 17.4 Å². The molecule has 0 atom stereocenters. The predicted octanol–water partition coefficient (Wildman–Crippen LogP) is 5.19. The summed E-state index contributed by atoms with van der Waals surface area (Å²) in [5, 5.41) is 2.94. The first-order valence-electron chi connectivity index (χ1n) is 8.12. The van der Waals surface area contributed by atoms with E-state index in [1.807, 2.05) is 25.1 Å². The zero-order valence-corrected chi connectivity index (χ0v) is 15.7. The normalized spacial score (nSPS) is 10.8. The largest absolute Gasteiger partial charge is 0.325 e. The summed E-state index contributed by atoms with van der Waals surface area (Å²) in [4.78, 5) is 23.9. The number of Topliss-reactive ketones (excluding diaryl/α,β-unsaturated/α-hetero) is 1. The van der Waals surface area contributed by atoms with Gasteiger partial charge in [-0.2, -0.15) is 0 Å². The van der Waals surface area contributed by atoms with Gasteiger partial charge in [0.1, 0.15) is 5.82 Å². The lowest BCUT2D eigenvalue weighted by atomic mass is 9.98. The second kappa shape index (κ2) is 8.30. The fourth-order valence-electron chi connectivity index (χ4n) is 2.50. The van der Waals surface area contributed by atoms with Crippen LogP contribution in [0.5, 0.6) is 0 Å². The second-order valence-corrected chi connectivity index (χ2v) is 7.25. The monoisotopic (exact) mass is 359 g/mol. The molecule has 0 heterocycles. The molecule has 0 aromatic heterocycles. The van der Waals surface area contributed by atoms with Crippen LogP contribution in [0.1, 0.15) is 48.2 Å². The van der Waals surface area contributed by atoms with Crippen molar-refractivity contribution in [3.8, 4) is 0 Å². The highest BCUT2D eigenvalue weighted by Gasteiger charge is 2.13. The molecule has 5 heteroatoms. The highest BCUT2D eigenvalue weighted by molar-refractivity contribution is 8.00. The molecular weight excluding hydrogens is 337 g/mol. The Kier molecular flexibility index (Phi) is 6.37. The van der Waals surface area contributed by atoms with E-state index in [4.69, 9.17) is 0 Å². The van der Waals surface area contributed by atoms with Crippen molar-refractivity contribution in [1.82, 2.24) is 0 Å². The summed E-state index contributed by atoms with van der Waals surface area (Å²) in [6, 6.07) is 10.2. The van der Waals surface area contributed by atoms with Crippen molar-refractivity contribution >= 4 is 29.1 Å². The first-order valence-corrected chi connectivity index (χ1v) is 9.10. The molecule has 0 aliphatic heterocycles. The first kappa shape index (κ1) is 19.2. The number of hydrogen-bond donors (Lipinski definition) is 1. The Labute approximate surface area is 152 Å². The van der Waals surface area contributed by atoms with Gasteiger partial charge in [-0.05, 0) is 43.0 Å². The van der Waals surface area contributed by atoms with Gasteiger partial charge in [0.25, 0.3) is 0 Å². The molecule has 2 aromatic carbocycles. The zero-order chi connectivity index (χ0) is 18.6. The summed E-state index contributed by atoms with van der Waals surface area (Å²) in [6.45, 7) is 7.49. The van der Waals surface area contributed by atoms with E-state index in [0.29, 0.717) is 16.4 Å². The quantitative estimate of drug-likeness (QED) is 0.570. The number of benzene rings is 2. The summed E-state index contributed by atoms with van der Waals surface area (Å²) in [6.07, 6.45) is 0. The molecule has 3 nitrogen and oxygen atoms in total. The Balaban J connectivity index is 2.06. The van der Waals surface area contributed by atoms with E-state index in [1.54, 1.807) is 6.07 Å². The van der Waals surface area contributed by atoms with Crippen molar-refractivity contribution in [3.05, 3.63) is 58.9 Å². The van der Waals surface area contributed by atoms with Crippen LogP contribution in [0, 0.1) is 12.7 Å². The van der Waals surface area contributed by atoms with Crippen molar-refractivity contribution in [2.45, 2.75) is 38.5 Å². The van der Waals surface area contributed by atoms with E-state index in [0.717, 1.165) is 28.6 Å². The Morgan fingerprint density at radius 2 is 1.92 bits per heavy atom. The molecular formula is C20H22FNO2S. The molecule has 0 saturated heterocycles. The number of ketones is 1. The van der Waals surface area contributed by atoms with Crippen LogP contribution in [-0.2, 0) is 4.79 Å². The number of nitrogens with one attached hydrogen (secondary N) is 1. The fourth-order valence-corrected chi connectivity index (χ4v) is 3.22. The number of para-hydroxylation sites is 1. The van der Waals surface area contributed by atoms with Crippen LogP contribution < -0.4 is 5.32 Å². The highest BCUT2D eigenvalue weighted by Crippen LogP contribution is 2.28. The van der Waals surface area contributed by atoms with E-state index in [1.165, 1.54) is 19.1 Å². The van der Waals surface area contributed by atoms with Gasteiger partial charge in [-0.3, -0.25) is 9.59 Å². The number of anilines is 1. The molecule has 0 fully saturated rings. The maximum absolute atomic E-state index is 14.0. The standard InChI is InChI=1S/C20H22FNO2S/c1-12(2)16-7-5-6-13(3)20(16)22-19(24)11-25-18-9-8-15(14(4)23)10-17(18)21/h5-10,12H,11H2,1-4H3,(H,22,24). The second-order valence-electron chi connectivity index (χ2n) is 6.23. The van der Waals surface area contributed by atoms with Crippen LogP contribution in [0.2, 0.25) is 0 Å². The number of hydrogen-bond acceptors (Lipinski definition) is 3. The number of thioether (sulfide) groups is 1. The predicted molar refractivity (Wildman–Crippen MR) is 101 cm³/mol. The van der Waals surface area contributed by atoms with E-state index < -0.39 is 5.82 Å². The summed E-state index contributed by atoms with van der Waals surface area (Å²) in [7, 11) is 0. The van der Waals surface area contributed by atoms with Gasteiger partial charge < -0.3 is 5.32 Å². The smallest absolute Gasteiger partial charge is 0.234 e. The maximum Gasteiger partial charge on any atom is 0.234 e. The number of amides is 1. The summed E-state index contributed by atoms with van der Waals surface area (Å²) in [5.41, 5.74) is 3.24. The third-order valence-electron chi connectivity index (χ3n) is 3.89. The van der Waals surface area contributed by atoms with Gasteiger partial charge in [-0.15, -0.1) is 11.8 Å². The van der Waals surface area contributed by atoms with Gasteiger partial charge in [0.2, 0.25) is 5.91 Å². The summed E-state index contributed by atoms with van der Waals surface area (Å²) in [5.74, 6) is -0.462. The Bertz CT molecular complexity index is 802. The molecule has 0 spiro atoms. The molecule has 2 rings (SSSR count). The van der Waals surface area contributed by atoms with E-state index in [2.05, 4.69) is 19.2 Å². The topological polar surface area (TPSA) is 46.2 Å². The molecule has 132 valence electrons. The minimum atomic E-state index is -0.482. The minimum Gasteiger partial charge on any atom is -0.325 e. The van der Waals surface area contributed by atoms with E-state index >= 15 is 0 Å². The third kappa shape index (κ3) is 4.92. The number of rotatable bonds is 6. The molecule has 0 unspecified atom stereocenters. The van der Waals surface area contributed by atoms with Crippen molar-refractivity contribution in [2.75, 3.05) is 11.1 Å². The molecule has 0 saturated carbocycles. The van der Waals surface area contributed by atoms with Crippen LogP contribution >= 0.6 is 11.8 Å². The molecule has 0 aliphatic rings. The van der Waals surface area contributed by atoms with Crippen molar-refractivity contribution < 1.29 is 14.0 Å². The van der Waals surface area contributed by atoms with Crippen molar-refractivity contribution in [3.63, 3.8) is 0 Å². The average molecular weight is 359 g/mol. The lowest BCUT2D eigenvalue weighted by molar-refractivity contribution is -0.113. The first-order chi connectivity index (χ1) is 11.8. The number of carbonyl (C=O) groups excluding carboxylic acids is 2. The van der Waals surface area contributed by atoms with Crippen LogP contribution in [0.4, 0.5) is 10.1 Å². The molecule has 1 amide bonds.